The Morgan fingerprint density at radius 2 is 1.67 bits per heavy atom. The number of carbonyl (C=O) groups is 3. The molecule has 0 saturated carbocycles. The second-order valence-corrected chi connectivity index (χ2v) is 7.20. The van der Waals surface area contributed by atoms with Crippen LogP contribution in [0.3, 0.4) is 0 Å². The second kappa shape index (κ2) is 10.8. The summed E-state index contributed by atoms with van der Waals surface area (Å²) in [5.74, 6) is -0.351. The maximum atomic E-state index is 12.7. The molecule has 8 nitrogen and oxygen atoms in total. The number of benzene rings is 3. The fourth-order valence-corrected chi connectivity index (χ4v) is 2.97. The van der Waals surface area contributed by atoms with E-state index in [4.69, 9.17) is 9.47 Å². The van der Waals surface area contributed by atoms with Crippen molar-refractivity contribution in [2.45, 2.75) is 26.5 Å². The molecule has 3 aromatic carbocycles. The monoisotopic (exact) mass is 448 g/mol. The van der Waals surface area contributed by atoms with Crippen LogP contribution in [0.1, 0.15) is 29.8 Å². The third kappa shape index (κ3) is 6.83. The Bertz CT molecular complexity index is 1140. The molecule has 1 atom stereocenters. The second-order valence-electron chi connectivity index (χ2n) is 7.20. The minimum atomic E-state index is -0.764. The van der Waals surface area contributed by atoms with Gasteiger partial charge in [0.1, 0.15) is 17.2 Å². The van der Waals surface area contributed by atoms with Gasteiger partial charge >= 0.3 is 5.97 Å². The van der Waals surface area contributed by atoms with Crippen LogP contribution in [0.25, 0.3) is 0 Å². The molecule has 0 aliphatic heterocycles. The number of ether oxygens (including phenoxy) is 2. The predicted octanol–water partition coefficient (Wildman–Crippen LogP) is 3.65. The Kier molecular flexibility index (Phi) is 7.64. The highest BCUT2D eigenvalue weighted by Gasteiger charge is 2.16. The molecule has 2 amide bonds. The van der Waals surface area contributed by atoms with Gasteiger partial charge in [0.2, 0.25) is 0 Å². The number of hydrogen-bond acceptors (Lipinski definition) is 6. The molecule has 0 aliphatic rings. The zero-order chi connectivity index (χ0) is 23.8. The van der Waals surface area contributed by atoms with E-state index in [1.807, 2.05) is 0 Å². The molecular weight excluding hydrogens is 424 g/mol. The van der Waals surface area contributed by atoms with Gasteiger partial charge < -0.3 is 25.2 Å². The van der Waals surface area contributed by atoms with E-state index >= 15 is 0 Å². The number of hydrogen-bond donors (Lipinski definition) is 3. The van der Waals surface area contributed by atoms with E-state index in [1.54, 1.807) is 61.5 Å². The van der Waals surface area contributed by atoms with E-state index in [2.05, 4.69) is 10.6 Å². The van der Waals surface area contributed by atoms with Gasteiger partial charge in [-0.2, -0.15) is 0 Å². The van der Waals surface area contributed by atoms with E-state index in [-0.39, 0.29) is 29.9 Å². The first-order valence-electron chi connectivity index (χ1n) is 10.2. The molecule has 3 rings (SSSR count). The number of nitrogens with one attached hydrogen (secondary N) is 2. The maximum absolute atomic E-state index is 12.7. The van der Waals surface area contributed by atoms with Crippen molar-refractivity contribution in [3.8, 4) is 17.2 Å². The normalized spacial score (nSPS) is 11.2. The van der Waals surface area contributed by atoms with Crippen LogP contribution in [0.2, 0.25) is 0 Å². The smallest absolute Gasteiger partial charge is 0.308 e. The lowest BCUT2D eigenvalue weighted by molar-refractivity contribution is -0.132. The summed E-state index contributed by atoms with van der Waals surface area (Å²) in [5.41, 5.74) is 1.56. The van der Waals surface area contributed by atoms with Gasteiger partial charge in [0.15, 0.2) is 6.10 Å². The number of phenols is 1. The van der Waals surface area contributed by atoms with Gasteiger partial charge in [0.05, 0.1) is 0 Å². The summed E-state index contributed by atoms with van der Waals surface area (Å²) in [5, 5.41) is 14.9. The molecule has 0 aliphatic carbocycles. The molecule has 3 aromatic rings. The van der Waals surface area contributed by atoms with Gasteiger partial charge in [-0.25, -0.2) is 0 Å². The van der Waals surface area contributed by atoms with E-state index in [0.29, 0.717) is 22.6 Å². The number of rotatable bonds is 8. The SMILES string of the molecule is CC(=O)Oc1cccc(C(=O)Nc2ccccc2CNC(=O)C(C)Oc2ccc(O)cc2)c1. The summed E-state index contributed by atoms with van der Waals surface area (Å²) >= 11 is 0. The van der Waals surface area contributed by atoms with Crippen LogP contribution < -0.4 is 20.1 Å². The van der Waals surface area contributed by atoms with E-state index in [0.717, 1.165) is 0 Å². The molecule has 0 saturated heterocycles. The Hall–Kier alpha value is -4.33. The van der Waals surface area contributed by atoms with Crippen LogP contribution in [-0.2, 0) is 16.1 Å². The zero-order valence-corrected chi connectivity index (χ0v) is 18.2. The van der Waals surface area contributed by atoms with Crippen molar-refractivity contribution in [2.75, 3.05) is 5.32 Å². The minimum absolute atomic E-state index is 0.108. The van der Waals surface area contributed by atoms with Gasteiger partial charge in [-0.3, -0.25) is 14.4 Å². The molecule has 0 spiro atoms. The van der Waals surface area contributed by atoms with Gasteiger partial charge in [-0.15, -0.1) is 0 Å². The molecule has 3 N–H and O–H groups in total. The van der Waals surface area contributed by atoms with Crippen molar-refractivity contribution in [3.05, 3.63) is 83.9 Å². The molecule has 1 unspecified atom stereocenters. The quantitative estimate of drug-likeness (QED) is 0.358. The van der Waals surface area contributed by atoms with Crippen molar-refractivity contribution in [1.82, 2.24) is 5.32 Å². The third-order valence-corrected chi connectivity index (χ3v) is 4.60. The number of carbonyl (C=O) groups excluding carboxylic acids is 3. The highest BCUT2D eigenvalue weighted by molar-refractivity contribution is 6.05. The van der Waals surface area contributed by atoms with Crippen LogP contribution in [0.15, 0.2) is 72.8 Å². The molecule has 0 bridgehead atoms. The lowest BCUT2D eigenvalue weighted by Crippen LogP contribution is -2.36. The van der Waals surface area contributed by atoms with E-state index < -0.39 is 12.1 Å². The van der Waals surface area contributed by atoms with Crippen molar-refractivity contribution in [3.63, 3.8) is 0 Å². The number of phenolic OH excluding ortho intramolecular Hbond substituents is 1. The summed E-state index contributed by atoms with van der Waals surface area (Å²) in [4.78, 5) is 36.3. The molecule has 0 heterocycles. The lowest BCUT2D eigenvalue weighted by Gasteiger charge is -2.16. The summed E-state index contributed by atoms with van der Waals surface area (Å²) in [6.07, 6.45) is -0.764. The Balaban J connectivity index is 1.62. The number of amides is 2. The van der Waals surface area contributed by atoms with Gasteiger partial charge in [-0.05, 0) is 61.0 Å². The van der Waals surface area contributed by atoms with Gasteiger partial charge in [0.25, 0.3) is 11.8 Å². The van der Waals surface area contributed by atoms with Gasteiger partial charge in [-0.1, -0.05) is 24.3 Å². The average Bonchev–Trinajstić information content (AvgIpc) is 2.79. The lowest BCUT2D eigenvalue weighted by atomic mass is 10.1. The average molecular weight is 448 g/mol. The molecule has 0 aromatic heterocycles. The summed E-state index contributed by atoms with van der Waals surface area (Å²) < 4.78 is 10.6. The van der Waals surface area contributed by atoms with Crippen LogP contribution in [0.4, 0.5) is 5.69 Å². The Morgan fingerprint density at radius 3 is 2.39 bits per heavy atom. The first-order valence-corrected chi connectivity index (χ1v) is 10.2. The Labute approximate surface area is 191 Å². The maximum Gasteiger partial charge on any atom is 0.308 e. The van der Waals surface area contributed by atoms with Crippen LogP contribution in [0, 0.1) is 0 Å². The third-order valence-electron chi connectivity index (χ3n) is 4.60. The van der Waals surface area contributed by atoms with Gasteiger partial charge in [0, 0.05) is 24.7 Å². The molecule has 0 radical (unpaired) electrons. The number of anilines is 1. The predicted molar refractivity (Wildman–Crippen MR) is 122 cm³/mol. The van der Waals surface area contributed by atoms with E-state index in [1.165, 1.54) is 25.1 Å². The molecule has 8 heteroatoms. The number of para-hydroxylation sites is 1. The van der Waals surface area contributed by atoms with Crippen molar-refractivity contribution in [2.24, 2.45) is 0 Å². The van der Waals surface area contributed by atoms with Crippen LogP contribution >= 0.6 is 0 Å². The zero-order valence-electron chi connectivity index (χ0n) is 18.2. The van der Waals surface area contributed by atoms with Crippen molar-refractivity contribution < 1.29 is 29.0 Å². The first kappa shape index (κ1) is 23.3. The highest BCUT2D eigenvalue weighted by atomic mass is 16.5. The van der Waals surface area contributed by atoms with Crippen LogP contribution in [-0.4, -0.2) is 29.0 Å². The molecular formula is C25H24N2O6. The molecule has 33 heavy (non-hydrogen) atoms. The summed E-state index contributed by atoms with van der Waals surface area (Å²) in [7, 11) is 0. The largest absolute Gasteiger partial charge is 0.508 e. The van der Waals surface area contributed by atoms with Crippen molar-refractivity contribution in [1.29, 1.82) is 0 Å². The topological polar surface area (TPSA) is 114 Å². The summed E-state index contributed by atoms with van der Waals surface area (Å²) in [6.45, 7) is 3.08. The minimum Gasteiger partial charge on any atom is -0.508 e. The molecule has 0 fully saturated rings. The number of esters is 1. The fraction of sp³-hybridized carbons (Fsp3) is 0.160. The molecule has 170 valence electrons. The van der Waals surface area contributed by atoms with E-state index in [9.17, 15) is 19.5 Å². The first-order chi connectivity index (χ1) is 15.8. The standard InChI is InChI=1S/C25H24N2O6/c1-16(32-21-12-10-20(29)11-13-21)24(30)26-15-19-6-3-4-9-23(19)27-25(31)18-7-5-8-22(14-18)33-17(2)28/h3-14,16,29H,15H2,1-2H3,(H,26,30)(H,27,31). The van der Waals surface area contributed by atoms with Crippen molar-refractivity contribution >= 4 is 23.5 Å². The Morgan fingerprint density at radius 1 is 0.939 bits per heavy atom. The highest BCUT2D eigenvalue weighted by Crippen LogP contribution is 2.20. The fourth-order valence-electron chi connectivity index (χ4n) is 2.97. The van der Waals surface area contributed by atoms with Crippen LogP contribution in [0.5, 0.6) is 17.2 Å². The summed E-state index contributed by atoms with van der Waals surface area (Å²) in [6, 6.07) is 19.5. The number of aromatic hydroxyl groups is 1.